The molecule has 1 saturated heterocycles. The average Bonchev–Trinajstić information content (AvgIpc) is 2.82. The van der Waals surface area contributed by atoms with Crippen molar-refractivity contribution in [1.82, 2.24) is 5.32 Å². The van der Waals surface area contributed by atoms with E-state index in [4.69, 9.17) is 4.74 Å². The molecule has 1 heterocycles. The van der Waals surface area contributed by atoms with Crippen LogP contribution >= 0.6 is 0 Å². The molecular formula is C25H34N4O3. The van der Waals surface area contributed by atoms with Gasteiger partial charge in [0.2, 0.25) is 0 Å². The van der Waals surface area contributed by atoms with Gasteiger partial charge in [-0.3, -0.25) is 4.79 Å². The molecule has 1 aliphatic rings. The van der Waals surface area contributed by atoms with Crippen LogP contribution in [-0.2, 0) is 11.2 Å². The number of ether oxygens (including phenoxy) is 1. The lowest BCUT2D eigenvalue weighted by Gasteiger charge is -2.30. The molecule has 2 aromatic carbocycles. The van der Waals surface area contributed by atoms with Crippen molar-refractivity contribution in [2.45, 2.75) is 39.0 Å². The number of urea groups is 1. The van der Waals surface area contributed by atoms with E-state index in [-0.39, 0.29) is 11.9 Å². The molecule has 7 nitrogen and oxygen atoms in total. The number of hydrogen-bond donors (Lipinski definition) is 3. The molecule has 1 fully saturated rings. The maximum absolute atomic E-state index is 13.0. The third-order valence-electron chi connectivity index (χ3n) is 5.63. The van der Waals surface area contributed by atoms with Crippen molar-refractivity contribution in [3.8, 4) is 0 Å². The number of hydrogen-bond acceptors (Lipinski definition) is 4. The van der Waals surface area contributed by atoms with Crippen LogP contribution < -0.4 is 20.9 Å². The van der Waals surface area contributed by atoms with E-state index in [2.05, 4.69) is 27.8 Å². The minimum absolute atomic E-state index is 0.138. The zero-order chi connectivity index (χ0) is 22.8. The van der Waals surface area contributed by atoms with E-state index >= 15 is 0 Å². The Morgan fingerprint density at radius 1 is 0.969 bits per heavy atom. The normalized spacial score (nSPS) is 13.5. The molecule has 0 spiro atoms. The minimum atomic E-state index is -0.341. The summed E-state index contributed by atoms with van der Waals surface area (Å²) in [6, 6.07) is 13.0. The number of amides is 3. The number of nitrogens with zero attached hydrogens (tertiary/aromatic N) is 1. The van der Waals surface area contributed by atoms with E-state index in [0.717, 1.165) is 50.1 Å². The summed E-state index contributed by atoms with van der Waals surface area (Å²) in [6.45, 7) is 5.10. The van der Waals surface area contributed by atoms with Gasteiger partial charge in [0, 0.05) is 50.4 Å². The fourth-order valence-electron chi connectivity index (χ4n) is 3.84. The third-order valence-corrected chi connectivity index (χ3v) is 5.63. The molecule has 0 unspecified atom stereocenters. The van der Waals surface area contributed by atoms with Gasteiger partial charge in [0.05, 0.1) is 5.56 Å². The highest BCUT2D eigenvalue weighted by molar-refractivity contribution is 6.04. The van der Waals surface area contributed by atoms with Crippen molar-refractivity contribution in [1.29, 1.82) is 0 Å². The summed E-state index contributed by atoms with van der Waals surface area (Å²) in [5, 5.41) is 8.66. The predicted molar refractivity (Wildman–Crippen MR) is 130 cm³/mol. The smallest absolute Gasteiger partial charge is 0.323 e. The van der Waals surface area contributed by atoms with Gasteiger partial charge in [-0.05, 0) is 68.0 Å². The highest BCUT2D eigenvalue weighted by atomic mass is 16.5. The molecule has 3 N–H and O–H groups in total. The van der Waals surface area contributed by atoms with Gasteiger partial charge in [0.1, 0.15) is 0 Å². The molecule has 3 rings (SSSR count). The number of aryl methyl sites for hydroxylation is 1. The van der Waals surface area contributed by atoms with Crippen LogP contribution in [0, 0.1) is 0 Å². The van der Waals surface area contributed by atoms with E-state index < -0.39 is 0 Å². The third kappa shape index (κ3) is 6.72. The van der Waals surface area contributed by atoms with Crippen molar-refractivity contribution in [3.63, 3.8) is 0 Å². The summed E-state index contributed by atoms with van der Waals surface area (Å²) in [7, 11) is 1.65. The second-order valence-corrected chi connectivity index (χ2v) is 8.01. The molecule has 0 aromatic heterocycles. The molecule has 0 aliphatic carbocycles. The SMILES string of the molecule is CCc1ccc(NC(=O)Nc2ccc(N3CCCCC3)c(C(=O)NCCCOC)c2)cc1. The number of rotatable bonds is 9. The highest BCUT2D eigenvalue weighted by Gasteiger charge is 2.19. The van der Waals surface area contributed by atoms with Gasteiger partial charge in [0.15, 0.2) is 0 Å². The van der Waals surface area contributed by atoms with Gasteiger partial charge in [-0.15, -0.1) is 0 Å². The molecule has 3 amide bonds. The number of methoxy groups -OCH3 is 1. The summed E-state index contributed by atoms with van der Waals surface area (Å²) < 4.78 is 5.06. The molecule has 0 atom stereocenters. The number of nitrogens with one attached hydrogen (secondary N) is 3. The lowest BCUT2D eigenvalue weighted by atomic mass is 10.1. The largest absolute Gasteiger partial charge is 0.385 e. The predicted octanol–water partition coefficient (Wildman–Crippen LogP) is 4.65. The molecule has 0 bridgehead atoms. The molecule has 1 aliphatic heterocycles. The first kappa shape index (κ1) is 23.6. The van der Waals surface area contributed by atoms with Gasteiger partial charge < -0.3 is 25.6 Å². The van der Waals surface area contributed by atoms with Crippen LogP contribution in [0.3, 0.4) is 0 Å². The highest BCUT2D eigenvalue weighted by Crippen LogP contribution is 2.27. The van der Waals surface area contributed by atoms with Gasteiger partial charge >= 0.3 is 6.03 Å². The monoisotopic (exact) mass is 438 g/mol. The lowest BCUT2D eigenvalue weighted by molar-refractivity contribution is 0.0949. The van der Waals surface area contributed by atoms with Gasteiger partial charge in [-0.1, -0.05) is 19.1 Å². The summed E-state index contributed by atoms with van der Waals surface area (Å²) in [6.07, 6.45) is 5.15. The summed E-state index contributed by atoms with van der Waals surface area (Å²) in [5.41, 5.74) is 4.01. The molecule has 7 heteroatoms. The van der Waals surface area contributed by atoms with E-state index in [1.54, 1.807) is 13.2 Å². The first-order valence-electron chi connectivity index (χ1n) is 11.4. The van der Waals surface area contributed by atoms with E-state index in [0.29, 0.717) is 24.4 Å². The fraction of sp³-hybridized carbons (Fsp3) is 0.440. The quantitative estimate of drug-likeness (QED) is 0.498. The summed E-state index contributed by atoms with van der Waals surface area (Å²) in [4.78, 5) is 27.7. The molecule has 2 aromatic rings. The van der Waals surface area contributed by atoms with Crippen LogP contribution in [0.2, 0.25) is 0 Å². The van der Waals surface area contributed by atoms with E-state index in [1.807, 2.05) is 36.4 Å². The van der Waals surface area contributed by atoms with Gasteiger partial charge in [-0.25, -0.2) is 4.79 Å². The number of anilines is 3. The molecule has 0 radical (unpaired) electrons. The van der Waals surface area contributed by atoms with Crippen LogP contribution in [0.4, 0.5) is 21.9 Å². The topological polar surface area (TPSA) is 82.7 Å². The van der Waals surface area contributed by atoms with Crippen molar-refractivity contribution in [2.24, 2.45) is 0 Å². The Hall–Kier alpha value is -3.06. The first-order chi connectivity index (χ1) is 15.6. The minimum Gasteiger partial charge on any atom is -0.385 e. The van der Waals surface area contributed by atoms with Crippen molar-refractivity contribution in [2.75, 3.05) is 48.9 Å². The number of carbonyl (C=O) groups is 2. The second-order valence-electron chi connectivity index (χ2n) is 8.01. The maximum atomic E-state index is 13.0. The number of benzene rings is 2. The lowest BCUT2D eigenvalue weighted by Crippen LogP contribution is -2.33. The molecule has 0 saturated carbocycles. The van der Waals surface area contributed by atoms with Crippen LogP contribution in [0.25, 0.3) is 0 Å². The van der Waals surface area contributed by atoms with E-state index in [9.17, 15) is 9.59 Å². The Kier molecular flexibility index (Phi) is 8.92. The Balaban J connectivity index is 1.72. The van der Waals surface area contributed by atoms with Crippen LogP contribution in [0.5, 0.6) is 0 Å². The Morgan fingerprint density at radius 3 is 2.34 bits per heavy atom. The maximum Gasteiger partial charge on any atom is 0.323 e. The Morgan fingerprint density at radius 2 is 1.66 bits per heavy atom. The van der Waals surface area contributed by atoms with Crippen LogP contribution in [0.1, 0.15) is 48.5 Å². The van der Waals surface area contributed by atoms with Gasteiger partial charge in [0.25, 0.3) is 5.91 Å². The van der Waals surface area contributed by atoms with Crippen LogP contribution in [-0.4, -0.2) is 45.3 Å². The summed E-state index contributed by atoms with van der Waals surface area (Å²) >= 11 is 0. The van der Waals surface area contributed by atoms with Gasteiger partial charge in [-0.2, -0.15) is 0 Å². The molecular weight excluding hydrogens is 404 g/mol. The molecule has 172 valence electrons. The van der Waals surface area contributed by atoms with Crippen molar-refractivity contribution in [3.05, 3.63) is 53.6 Å². The Bertz CT molecular complexity index is 893. The zero-order valence-corrected chi connectivity index (χ0v) is 19.1. The van der Waals surface area contributed by atoms with Crippen molar-refractivity contribution < 1.29 is 14.3 Å². The zero-order valence-electron chi connectivity index (χ0n) is 19.1. The Labute approximate surface area is 190 Å². The fourth-order valence-corrected chi connectivity index (χ4v) is 3.84. The first-order valence-corrected chi connectivity index (χ1v) is 11.4. The van der Waals surface area contributed by atoms with E-state index in [1.165, 1.54) is 12.0 Å². The summed E-state index contributed by atoms with van der Waals surface area (Å²) in [5.74, 6) is -0.138. The average molecular weight is 439 g/mol. The number of piperidine rings is 1. The second kappa shape index (κ2) is 12.1. The van der Waals surface area contributed by atoms with Crippen molar-refractivity contribution >= 4 is 29.0 Å². The van der Waals surface area contributed by atoms with Crippen LogP contribution in [0.15, 0.2) is 42.5 Å². The standard InChI is InChI=1S/C25H34N4O3/c1-3-19-8-10-20(11-9-19)27-25(31)28-21-12-13-23(29-15-5-4-6-16-29)22(18-21)24(30)26-14-7-17-32-2/h8-13,18H,3-7,14-17H2,1-2H3,(H,26,30)(H2,27,28,31). The number of carbonyl (C=O) groups excluding carboxylic acids is 2. The molecule has 32 heavy (non-hydrogen) atoms.